The maximum Gasteiger partial charge on any atom is 0.0318 e. The van der Waals surface area contributed by atoms with Gasteiger partial charge in [-0.2, -0.15) is 0 Å². The lowest BCUT2D eigenvalue weighted by Crippen LogP contribution is -2.49. The maximum absolute atomic E-state index is 5.82. The predicted octanol–water partition coefficient (Wildman–Crippen LogP) is 1.82. The highest BCUT2D eigenvalue weighted by Crippen LogP contribution is 2.22. The van der Waals surface area contributed by atoms with Gasteiger partial charge in [0, 0.05) is 42.4 Å². The minimum Gasteiger partial charge on any atom is -0.399 e. The van der Waals surface area contributed by atoms with Crippen LogP contribution in [0.15, 0.2) is 22.7 Å². The summed E-state index contributed by atoms with van der Waals surface area (Å²) in [5.41, 5.74) is 7.92. The van der Waals surface area contributed by atoms with E-state index in [9.17, 15) is 0 Å². The molecule has 1 saturated heterocycles. The van der Waals surface area contributed by atoms with Gasteiger partial charge in [0.2, 0.25) is 0 Å². The zero-order chi connectivity index (χ0) is 11.5. The fourth-order valence-corrected chi connectivity index (χ4v) is 2.42. The molecule has 0 aliphatic carbocycles. The molecule has 3 nitrogen and oxygen atoms in total. The lowest BCUT2D eigenvalue weighted by atomic mass is 10.1. The highest BCUT2D eigenvalue weighted by Gasteiger charge is 2.18. The van der Waals surface area contributed by atoms with Gasteiger partial charge in [-0.15, -0.1) is 0 Å². The van der Waals surface area contributed by atoms with Crippen LogP contribution in [-0.4, -0.2) is 30.6 Å². The molecule has 1 aliphatic rings. The second-order valence-electron chi connectivity index (χ2n) is 4.37. The van der Waals surface area contributed by atoms with Gasteiger partial charge in [0.1, 0.15) is 0 Å². The largest absolute Gasteiger partial charge is 0.399 e. The molecule has 0 radical (unpaired) electrons. The Bertz CT molecular complexity index is 367. The molecule has 0 saturated carbocycles. The van der Waals surface area contributed by atoms with Crippen LogP contribution in [0, 0.1) is 0 Å². The van der Waals surface area contributed by atoms with Gasteiger partial charge in [-0.25, -0.2) is 0 Å². The summed E-state index contributed by atoms with van der Waals surface area (Å²) >= 11 is 3.58. The Kier molecular flexibility index (Phi) is 3.84. The molecule has 1 aliphatic heterocycles. The zero-order valence-corrected chi connectivity index (χ0v) is 11.1. The van der Waals surface area contributed by atoms with Crippen LogP contribution in [0.3, 0.4) is 0 Å². The van der Waals surface area contributed by atoms with Gasteiger partial charge in [-0.1, -0.05) is 15.9 Å². The van der Waals surface area contributed by atoms with Crippen molar-refractivity contribution in [3.8, 4) is 0 Å². The Hall–Kier alpha value is -0.580. The third kappa shape index (κ3) is 2.75. The van der Waals surface area contributed by atoms with Gasteiger partial charge in [-0.05, 0) is 30.7 Å². The summed E-state index contributed by atoms with van der Waals surface area (Å²) in [7, 11) is 0. The molecule has 1 fully saturated rings. The summed E-state index contributed by atoms with van der Waals surface area (Å²) in [4.78, 5) is 2.48. The average Bonchev–Trinajstić information content (AvgIpc) is 2.27. The van der Waals surface area contributed by atoms with Crippen molar-refractivity contribution in [3.63, 3.8) is 0 Å². The van der Waals surface area contributed by atoms with Crippen LogP contribution in [0.5, 0.6) is 0 Å². The SMILES string of the molecule is CC1CNCCN1Cc1cc(N)ccc1Br. The molecule has 88 valence electrons. The van der Waals surface area contributed by atoms with Gasteiger partial charge in [-0.3, -0.25) is 4.90 Å². The van der Waals surface area contributed by atoms with Crippen molar-refractivity contribution >= 4 is 21.6 Å². The van der Waals surface area contributed by atoms with Crippen LogP contribution in [0.4, 0.5) is 5.69 Å². The number of piperazine rings is 1. The van der Waals surface area contributed by atoms with E-state index in [-0.39, 0.29) is 0 Å². The van der Waals surface area contributed by atoms with E-state index in [4.69, 9.17) is 5.73 Å². The van der Waals surface area contributed by atoms with Crippen LogP contribution in [-0.2, 0) is 6.54 Å². The second kappa shape index (κ2) is 5.17. The van der Waals surface area contributed by atoms with Crippen LogP contribution in [0.25, 0.3) is 0 Å². The molecule has 1 unspecified atom stereocenters. The molecule has 1 aromatic rings. The Labute approximate surface area is 105 Å². The van der Waals surface area contributed by atoms with Crippen LogP contribution < -0.4 is 11.1 Å². The topological polar surface area (TPSA) is 41.3 Å². The Balaban J connectivity index is 2.10. The molecule has 1 aromatic carbocycles. The summed E-state index contributed by atoms with van der Waals surface area (Å²) in [6.45, 7) is 6.47. The molecule has 2 rings (SSSR count). The minimum atomic E-state index is 0.585. The first-order valence-electron chi connectivity index (χ1n) is 5.65. The number of hydrogen-bond acceptors (Lipinski definition) is 3. The number of nitrogens with two attached hydrogens (primary N) is 1. The molecule has 0 amide bonds. The quantitative estimate of drug-likeness (QED) is 0.814. The first-order valence-corrected chi connectivity index (χ1v) is 6.45. The van der Waals surface area contributed by atoms with Crippen molar-refractivity contribution in [2.75, 3.05) is 25.4 Å². The van der Waals surface area contributed by atoms with E-state index < -0.39 is 0 Å². The molecule has 1 heterocycles. The number of nitrogens with zero attached hydrogens (tertiary/aromatic N) is 1. The molecule has 4 heteroatoms. The normalized spacial score (nSPS) is 22.2. The molecule has 0 bridgehead atoms. The molecule has 3 N–H and O–H groups in total. The summed E-state index contributed by atoms with van der Waals surface area (Å²) < 4.78 is 1.15. The van der Waals surface area contributed by atoms with Gasteiger partial charge in [0.05, 0.1) is 0 Å². The predicted molar refractivity (Wildman–Crippen MR) is 71.3 cm³/mol. The van der Waals surface area contributed by atoms with Gasteiger partial charge in [0.25, 0.3) is 0 Å². The highest BCUT2D eigenvalue weighted by atomic mass is 79.9. The lowest BCUT2D eigenvalue weighted by molar-refractivity contribution is 0.165. The summed E-state index contributed by atoms with van der Waals surface area (Å²) in [5, 5.41) is 3.40. The fraction of sp³-hybridized carbons (Fsp3) is 0.500. The van der Waals surface area contributed by atoms with E-state index in [1.807, 2.05) is 12.1 Å². The highest BCUT2D eigenvalue weighted by molar-refractivity contribution is 9.10. The van der Waals surface area contributed by atoms with Crippen molar-refractivity contribution in [1.29, 1.82) is 0 Å². The maximum atomic E-state index is 5.82. The smallest absolute Gasteiger partial charge is 0.0318 e. The molecule has 16 heavy (non-hydrogen) atoms. The van der Waals surface area contributed by atoms with Gasteiger partial charge >= 0.3 is 0 Å². The lowest BCUT2D eigenvalue weighted by Gasteiger charge is -2.34. The molecule has 1 atom stereocenters. The zero-order valence-electron chi connectivity index (χ0n) is 9.54. The van der Waals surface area contributed by atoms with Crippen molar-refractivity contribution in [2.45, 2.75) is 19.5 Å². The Morgan fingerprint density at radius 3 is 3.12 bits per heavy atom. The third-order valence-corrected chi connectivity index (χ3v) is 3.86. The number of benzene rings is 1. The molecule has 0 aromatic heterocycles. The molecular weight excluding hydrogens is 266 g/mol. The standard InChI is InChI=1S/C12H18BrN3/c1-9-7-15-4-5-16(9)8-10-6-11(14)2-3-12(10)13/h2-3,6,9,15H,4-5,7-8,14H2,1H3. The molecular formula is C12H18BrN3. The van der Waals surface area contributed by atoms with Crippen LogP contribution in [0.1, 0.15) is 12.5 Å². The van der Waals surface area contributed by atoms with E-state index >= 15 is 0 Å². The summed E-state index contributed by atoms with van der Waals surface area (Å²) in [5.74, 6) is 0. The van der Waals surface area contributed by atoms with E-state index in [1.54, 1.807) is 0 Å². The van der Waals surface area contributed by atoms with Crippen molar-refractivity contribution in [2.24, 2.45) is 0 Å². The Morgan fingerprint density at radius 2 is 2.38 bits per heavy atom. The fourth-order valence-electron chi connectivity index (χ4n) is 2.05. The van der Waals surface area contributed by atoms with Crippen LogP contribution >= 0.6 is 15.9 Å². The Morgan fingerprint density at radius 1 is 1.56 bits per heavy atom. The first kappa shape index (κ1) is 11.9. The van der Waals surface area contributed by atoms with Gasteiger partial charge < -0.3 is 11.1 Å². The number of rotatable bonds is 2. The van der Waals surface area contributed by atoms with Crippen molar-refractivity contribution < 1.29 is 0 Å². The van der Waals surface area contributed by atoms with E-state index in [0.29, 0.717) is 6.04 Å². The number of nitrogen functional groups attached to an aromatic ring is 1. The first-order chi connectivity index (χ1) is 7.66. The summed E-state index contributed by atoms with van der Waals surface area (Å²) in [6.07, 6.45) is 0. The van der Waals surface area contributed by atoms with Crippen molar-refractivity contribution in [3.05, 3.63) is 28.2 Å². The number of anilines is 1. The summed E-state index contributed by atoms with van der Waals surface area (Å²) in [6, 6.07) is 6.59. The second-order valence-corrected chi connectivity index (χ2v) is 5.23. The number of halogens is 1. The van der Waals surface area contributed by atoms with E-state index in [1.165, 1.54) is 5.56 Å². The molecule has 0 spiro atoms. The monoisotopic (exact) mass is 283 g/mol. The van der Waals surface area contributed by atoms with Crippen LogP contribution in [0.2, 0.25) is 0 Å². The third-order valence-electron chi connectivity index (χ3n) is 3.08. The van der Waals surface area contributed by atoms with Crippen molar-refractivity contribution in [1.82, 2.24) is 10.2 Å². The van der Waals surface area contributed by atoms with Gasteiger partial charge in [0.15, 0.2) is 0 Å². The minimum absolute atomic E-state index is 0.585. The number of nitrogens with one attached hydrogen (secondary N) is 1. The van der Waals surface area contributed by atoms with E-state index in [0.717, 1.165) is 36.3 Å². The van der Waals surface area contributed by atoms with E-state index in [2.05, 4.69) is 39.1 Å². The number of hydrogen-bond donors (Lipinski definition) is 2. The average molecular weight is 284 g/mol.